The molecule has 0 fully saturated rings. The quantitative estimate of drug-likeness (QED) is 0.488. The number of aryl methyl sites for hydroxylation is 2. The fourth-order valence-electron chi connectivity index (χ4n) is 3.84. The standard InChI is InChI=1S/C24H27NO6/c1-7-15-9-10-16(30-19-11-8-14(2)12-18(19)25(28)29)13-17(15)20-21(26)23(3,4)31-24(5,6)22(20)27/h8-13,26H,7H2,1-6H3. The fraction of sp³-hybridized carbons (Fsp3) is 0.375. The van der Waals surface area contributed by atoms with E-state index in [2.05, 4.69) is 0 Å². The first-order valence-electron chi connectivity index (χ1n) is 10.1. The van der Waals surface area contributed by atoms with Crippen LogP contribution in [0.1, 0.15) is 51.3 Å². The van der Waals surface area contributed by atoms with E-state index in [1.165, 1.54) is 6.07 Å². The van der Waals surface area contributed by atoms with Gasteiger partial charge in [-0.1, -0.05) is 19.1 Å². The molecule has 7 heteroatoms. The van der Waals surface area contributed by atoms with Crippen molar-refractivity contribution in [3.63, 3.8) is 0 Å². The number of rotatable bonds is 5. The molecule has 0 atom stereocenters. The van der Waals surface area contributed by atoms with Gasteiger partial charge in [0.15, 0.2) is 5.78 Å². The van der Waals surface area contributed by atoms with Crippen LogP contribution in [0.25, 0.3) is 5.57 Å². The lowest BCUT2D eigenvalue weighted by atomic mass is 9.81. The molecule has 0 bridgehead atoms. The van der Waals surface area contributed by atoms with Crippen LogP contribution in [0.2, 0.25) is 0 Å². The fourth-order valence-corrected chi connectivity index (χ4v) is 3.84. The number of hydrogen-bond donors (Lipinski definition) is 1. The number of nitro groups is 1. The number of carbonyl (C=O) groups excluding carboxylic acids is 1. The van der Waals surface area contributed by atoms with Crippen molar-refractivity contribution in [3.8, 4) is 11.5 Å². The van der Waals surface area contributed by atoms with Gasteiger partial charge in [-0.15, -0.1) is 0 Å². The Labute approximate surface area is 181 Å². The Bertz CT molecular complexity index is 1100. The summed E-state index contributed by atoms with van der Waals surface area (Å²) in [6, 6.07) is 9.85. The second-order valence-electron chi connectivity index (χ2n) is 8.68. The average molecular weight is 425 g/mol. The summed E-state index contributed by atoms with van der Waals surface area (Å²) < 4.78 is 11.7. The van der Waals surface area contributed by atoms with Crippen LogP contribution >= 0.6 is 0 Å². The van der Waals surface area contributed by atoms with Crippen LogP contribution in [0.4, 0.5) is 5.69 Å². The average Bonchev–Trinajstić information content (AvgIpc) is 2.67. The van der Waals surface area contributed by atoms with Crippen molar-refractivity contribution in [1.29, 1.82) is 0 Å². The van der Waals surface area contributed by atoms with Gasteiger partial charge in [0.2, 0.25) is 5.75 Å². The van der Waals surface area contributed by atoms with Gasteiger partial charge in [0.05, 0.1) is 10.5 Å². The summed E-state index contributed by atoms with van der Waals surface area (Å²) in [5.74, 6) is -0.0557. The monoisotopic (exact) mass is 425 g/mol. The van der Waals surface area contributed by atoms with Crippen LogP contribution in [-0.4, -0.2) is 27.0 Å². The predicted octanol–water partition coefficient (Wildman–Crippen LogP) is 5.68. The van der Waals surface area contributed by atoms with Gasteiger partial charge in [-0.25, -0.2) is 0 Å². The molecule has 0 amide bonds. The van der Waals surface area contributed by atoms with Gasteiger partial charge in [0.1, 0.15) is 22.7 Å². The zero-order chi connectivity index (χ0) is 23.1. The van der Waals surface area contributed by atoms with Gasteiger partial charge in [-0.2, -0.15) is 0 Å². The zero-order valence-corrected chi connectivity index (χ0v) is 18.6. The van der Waals surface area contributed by atoms with Crippen LogP contribution in [-0.2, 0) is 16.0 Å². The van der Waals surface area contributed by atoms with Crippen molar-refractivity contribution < 1.29 is 24.3 Å². The molecule has 164 valence electrons. The zero-order valence-electron chi connectivity index (χ0n) is 18.6. The lowest BCUT2D eigenvalue weighted by Gasteiger charge is -2.40. The lowest BCUT2D eigenvalue weighted by Crippen LogP contribution is -2.49. The largest absolute Gasteiger partial charge is 0.508 e. The molecule has 0 spiro atoms. The number of nitro benzene ring substituents is 1. The Morgan fingerprint density at radius 3 is 2.39 bits per heavy atom. The number of aliphatic hydroxyl groups excluding tert-OH is 1. The molecule has 0 unspecified atom stereocenters. The van der Waals surface area contributed by atoms with Crippen LogP contribution in [0.15, 0.2) is 42.2 Å². The molecule has 0 radical (unpaired) electrons. The Kier molecular flexibility index (Phi) is 5.67. The molecule has 1 aliphatic heterocycles. The Morgan fingerprint density at radius 2 is 1.77 bits per heavy atom. The number of nitrogens with zero attached hydrogens (tertiary/aromatic N) is 1. The van der Waals surface area contributed by atoms with Crippen molar-refractivity contribution in [2.45, 2.75) is 59.2 Å². The second-order valence-corrected chi connectivity index (χ2v) is 8.68. The first-order chi connectivity index (χ1) is 14.4. The van der Waals surface area contributed by atoms with Gasteiger partial charge >= 0.3 is 5.69 Å². The number of aliphatic hydroxyl groups is 1. The van der Waals surface area contributed by atoms with E-state index < -0.39 is 16.1 Å². The summed E-state index contributed by atoms with van der Waals surface area (Å²) in [7, 11) is 0. The highest BCUT2D eigenvalue weighted by Gasteiger charge is 2.47. The van der Waals surface area contributed by atoms with Gasteiger partial charge in [-0.05, 0) is 75.9 Å². The van der Waals surface area contributed by atoms with E-state index in [1.807, 2.05) is 6.92 Å². The molecule has 0 saturated carbocycles. The molecule has 0 aromatic heterocycles. The molecule has 31 heavy (non-hydrogen) atoms. The summed E-state index contributed by atoms with van der Waals surface area (Å²) in [5.41, 5.74) is -0.0219. The Balaban J connectivity index is 2.15. The number of ether oxygens (including phenoxy) is 2. The van der Waals surface area contributed by atoms with Crippen LogP contribution < -0.4 is 4.74 Å². The molecule has 3 rings (SSSR count). The maximum Gasteiger partial charge on any atom is 0.311 e. The molecular formula is C24H27NO6. The predicted molar refractivity (Wildman–Crippen MR) is 118 cm³/mol. The van der Waals surface area contributed by atoms with E-state index in [-0.39, 0.29) is 28.6 Å². The van der Waals surface area contributed by atoms with Gasteiger partial charge in [0, 0.05) is 6.07 Å². The molecule has 2 aromatic rings. The lowest BCUT2D eigenvalue weighted by molar-refractivity contribution is -0.385. The third-order valence-electron chi connectivity index (χ3n) is 5.36. The number of hydrogen-bond acceptors (Lipinski definition) is 6. The van der Waals surface area contributed by atoms with Crippen LogP contribution in [0.5, 0.6) is 11.5 Å². The third-order valence-corrected chi connectivity index (χ3v) is 5.36. The molecule has 7 nitrogen and oxygen atoms in total. The van der Waals surface area contributed by atoms with Crippen LogP contribution in [0.3, 0.4) is 0 Å². The van der Waals surface area contributed by atoms with Crippen LogP contribution in [0, 0.1) is 17.0 Å². The number of ketones is 1. The normalized spacial score (nSPS) is 17.5. The molecule has 0 aliphatic carbocycles. The van der Waals surface area contributed by atoms with E-state index in [4.69, 9.17) is 9.47 Å². The highest BCUT2D eigenvalue weighted by molar-refractivity contribution is 6.26. The first kappa shape index (κ1) is 22.5. The Morgan fingerprint density at radius 1 is 1.10 bits per heavy atom. The van der Waals surface area contributed by atoms with E-state index in [1.54, 1.807) is 65.0 Å². The summed E-state index contributed by atoms with van der Waals surface area (Å²) in [4.78, 5) is 24.1. The highest BCUT2D eigenvalue weighted by Crippen LogP contribution is 2.42. The smallest absolute Gasteiger partial charge is 0.311 e. The van der Waals surface area contributed by atoms with E-state index in [9.17, 15) is 20.0 Å². The van der Waals surface area contributed by atoms with Gasteiger partial charge in [-0.3, -0.25) is 14.9 Å². The minimum absolute atomic E-state index is 0.1000. The summed E-state index contributed by atoms with van der Waals surface area (Å²) in [6.45, 7) is 10.5. The first-order valence-corrected chi connectivity index (χ1v) is 10.1. The summed E-state index contributed by atoms with van der Waals surface area (Å²) in [6.07, 6.45) is 0.617. The highest BCUT2D eigenvalue weighted by atomic mass is 16.6. The van der Waals surface area contributed by atoms with Crippen molar-refractivity contribution in [2.75, 3.05) is 0 Å². The van der Waals surface area contributed by atoms with E-state index >= 15 is 0 Å². The summed E-state index contributed by atoms with van der Waals surface area (Å²) >= 11 is 0. The SMILES string of the molecule is CCc1ccc(Oc2ccc(C)cc2[N+](=O)[O-])cc1C1=C(O)C(C)(C)OC(C)(C)C1=O. The minimum Gasteiger partial charge on any atom is -0.508 e. The second kappa shape index (κ2) is 7.81. The number of carbonyl (C=O) groups is 1. The third kappa shape index (κ3) is 4.18. The summed E-state index contributed by atoms with van der Waals surface area (Å²) in [5, 5.41) is 22.3. The van der Waals surface area contributed by atoms with Crippen molar-refractivity contribution in [3.05, 3.63) is 69.0 Å². The van der Waals surface area contributed by atoms with Crippen molar-refractivity contribution in [2.24, 2.45) is 0 Å². The number of benzene rings is 2. The maximum absolute atomic E-state index is 13.2. The van der Waals surface area contributed by atoms with Crippen molar-refractivity contribution in [1.82, 2.24) is 0 Å². The van der Waals surface area contributed by atoms with E-state index in [0.717, 1.165) is 11.1 Å². The van der Waals surface area contributed by atoms with Crippen molar-refractivity contribution >= 4 is 17.0 Å². The van der Waals surface area contributed by atoms with E-state index in [0.29, 0.717) is 17.7 Å². The maximum atomic E-state index is 13.2. The molecule has 1 heterocycles. The number of Topliss-reactive ketones (excluding diaryl/α,β-unsaturated/α-hetero) is 1. The molecule has 0 saturated heterocycles. The molecular weight excluding hydrogens is 398 g/mol. The molecule has 2 aromatic carbocycles. The Hall–Kier alpha value is -3.19. The topological polar surface area (TPSA) is 98.9 Å². The van der Waals surface area contributed by atoms with Gasteiger partial charge < -0.3 is 14.6 Å². The minimum atomic E-state index is -1.12. The van der Waals surface area contributed by atoms with Gasteiger partial charge in [0.25, 0.3) is 0 Å². The molecule has 1 aliphatic rings. The molecule has 1 N–H and O–H groups in total.